The zero-order valence-electron chi connectivity index (χ0n) is 15.3. The Bertz CT molecular complexity index is 907. The molecule has 1 N–H and O–H groups in total. The maximum absolute atomic E-state index is 12.5. The maximum atomic E-state index is 12.5. The number of carbonyl (C=O) groups is 3. The highest BCUT2D eigenvalue weighted by atomic mass is 32.2. The lowest BCUT2D eigenvalue weighted by Crippen LogP contribution is -2.37. The summed E-state index contributed by atoms with van der Waals surface area (Å²) in [5.74, 6) is -0.354. The number of fused-ring (bicyclic) bond motifs is 1. The number of carbonyl (C=O) groups excluding carboxylic acids is 3. The van der Waals surface area contributed by atoms with Crippen LogP contribution >= 0.6 is 23.1 Å². The molecule has 0 aliphatic carbocycles. The van der Waals surface area contributed by atoms with Gasteiger partial charge in [-0.2, -0.15) is 0 Å². The Balaban J connectivity index is 1.70. The third-order valence-corrected chi connectivity index (χ3v) is 6.57. The van der Waals surface area contributed by atoms with E-state index >= 15 is 0 Å². The topological polar surface area (TPSA) is 75.7 Å². The summed E-state index contributed by atoms with van der Waals surface area (Å²) in [6.07, 6.45) is 0.140. The van der Waals surface area contributed by atoms with Crippen molar-refractivity contribution in [2.75, 3.05) is 29.6 Å². The van der Waals surface area contributed by atoms with Gasteiger partial charge in [0, 0.05) is 22.7 Å². The van der Waals surface area contributed by atoms with E-state index in [0.717, 1.165) is 21.0 Å². The van der Waals surface area contributed by atoms with Crippen LogP contribution in [0.2, 0.25) is 0 Å². The molecule has 2 heterocycles. The normalized spacial score (nSPS) is 13.3. The summed E-state index contributed by atoms with van der Waals surface area (Å²) in [5.41, 5.74) is 2.04. The van der Waals surface area contributed by atoms with E-state index in [4.69, 9.17) is 4.74 Å². The first-order chi connectivity index (χ1) is 12.9. The van der Waals surface area contributed by atoms with Gasteiger partial charge in [-0.15, -0.1) is 23.1 Å². The smallest absolute Gasteiger partial charge is 0.341 e. The number of hydrogen-bond donors (Lipinski definition) is 1. The Labute approximate surface area is 165 Å². The minimum Gasteiger partial charge on any atom is -0.465 e. The number of thiophene rings is 1. The van der Waals surface area contributed by atoms with Gasteiger partial charge in [0.05, 0.1) is 24.1 Å². The summed E-state index contributed by atoms with van der Waals surface area (Å²) in [6.45, 7) is 4.01. The second-order valence-corrected chi connectivity index (χ2v) is 8.32. The summed E-state index contributed by atoms with van der Waals surface area (Å²) < 4.78 is 4.82. The number of nitrogens with zero attached hydrogens (tertiary/aromatic N) is 1. The van der Waals surface area contributed by atoms with Gasteiger partial charge in [0.15, 0.2) is 0 Å². The van der Waals surface area contributed by atoms with E-state index in [1.165, 1.54) is 30.2 Å². The van der Waals surface area contributed by atoms with E-state index in [0.29, 0.717) is 22.9 Å². The van der Waals surface area contributed by atoms with Crippen molar-refractivity contribution >= 4 is 51.6 Å². The van der Waals surface area contributed by atoms with E-state index in [2.05, 4.69) is 5.32 Å². The van der Waals surface area contributed by atoms with Gasteiger partial charge in [0.1, 0.15) is 5.00 Å². The summed E-state index contributed by atoms with van der Waals surface area (Å²) in [4.78, 5) is 40.4. The molecule has 3 rings (SSSR count). The Morgan fingerprint density at radius 1 is 1.26 bits per heavy atom. The number of methoxy groups -OCH3 is 1. The monoisotopic (exact) mass is 404 g/mol. The van der Waals surface area contributed by atoms with Crippen molar-refractivity contribution in [2.24, 2.45) is 0 Å². The average Bonchev–Trinajstić information content (AvgIpc) is 2.93. The number of esters is 1. The first-order valence-electron chi connectivity index (χ1n) is 8.42. The third-order valence-electron chi connectivity index (χ3n) is 4.40. The zero-order valence-corrected chi connectivity index (χ0v) is 17.0. The summed E-state index contributed by atoms with van der Waals surface area (Å²) in [6, 6.07) is 7.67. The van der Waals surface area contributed by atoms with Crippen LogP contribution in [0.3, 0.4) is 0 Å². The number of hydrogen-bond acceptors (Lipinski definition) is 6. The van der Waals surface area contributed by atoms with Crippen LogP contribution in [0, 0.1) is 13.8 Å². The third kappa shape index (κ3) is 4.01. The lowest BCUT2D eigenvalue weighted by Gasteiger charge is -2.28. The van der Waals surface area contributed by atoms with Crippen LogP contribution in [0.5, 0.6) is 0 Å². The van der Waals surface area contributed by atoms with Gasteiger partial charge in [-0.25, -0.2) is 4.79 Å². The molecule has 0 atom stereocenters. The number of rotatable bonds is 5. The molecule has 1 aliphatic rings. The minimum atomic E-state index is -0.468. The molecule has 6 nitrogen and oxygen atoms in total. The molecule has 8 heteroatoms. The molecule has 2 aromatic rings. The summed E-state index contributed by atoms with van der Waals surface area (Å²) in [7, 11) is 1.32. The number of para-hydroxylation sites is 1. The number of amides is 2. The molecule has 0 saturated heterocycles. The first kappa shape index (κ1) is 19.4. The van der Waals surface area contributed by atoms with Crippen molar-refractivity contribution in [3.63, 3.8) is 0 Å². The van der Waals surface area contributed by atoms with Crippen LogP contribution in [0.25, 0.3) is 0 Å². The average molecular weight is 405 g/mol. The molecule has 0 radical (unpaired) electrons. The van der Waals surface area contributed by atoms with Crippen LogP contribution < -0.4 is 10.2 Å². The molecule has 27 heavy (non-hydrogen) atoms. The number of aryl methyl sites for hydroxylation is 1. The van der Waals surface area contributed by atoms with Gasteiger partial charge < -0.3 is 15.0 Å². The fourth-order valence-electron chi connectivity index (χ4n) is 2.86. The van der Waals surface area contributed by atoms with E-state index in [9.17, 15) is 14.4 Å². The standard InChI is InChI=1S/C19H20N2O4S2/c1-11-12(2)27-18(17(11)19(24)25-3)20-15(22)8-9-21-13-6-4-5-7-14(13)26-10-16(21)23/h4-7H,8-10H2,1-3H3,(H,20,22). The van der Waals surface area contributed by atoms with Crippen molar-refractivity contribution in [3.05, 3.63) is 40.3 Å². The molecule has 1 aliphatic heterocycles. The Hall–Kier alpha value is -2.32. The fourth-order valence-corrected chi connectivity index (χ4v) is 4.86. The van der Waals surface area contributed by atoms with Gasteiger partial charge >= 0.3 is 5.97 Å². The van der Waals surface area contributed by atoms with Crippen LogP contribution in [0.1, 0.15) is 27.2 Å². The number of anilines is 2. The molecule has 2 amide bonds. The molecule has 0 spiro atoms. The zero-order chi connectivity index (χ0) is 19.6. The Kier molecular flexibility index (Phi) is 5.86. The largest absolute Gasteiger partial charge is 0.465 e. The second kappa shape index (κ2) is 8.14. The molecule has 0 fully saturated rings. The van der Waals surface area contributed by atoms with Crippen molar-refractivity contribution in [2.45, 2.75) is 25.2 Å². The Morgan fingerprint density at radius 2 is 2.00 bits per heavy atom. The lowest BCUT2D eigenvalue weighted by atomic mass is 10.1. The minimum absolute atomic E-state index is 0.00966. The predicted molar refractivity (Wildman–Crippen MR) is 108 cm³/mol. The maximum Gasteiger partial charge on any atom is 0.341 e. The molecule has 0 unspecified atom stereocenters. The quantitative estimate of drug-likeness (QED) is 0.771. The van der Waals surface area contributed by atoms with E-state index in [1.807, 2.05) is 38.1 Å². The van der Waals surface area contributed by atoms with Crippen molar-refractivity contribution in [1.29, 1.82) is 0 Å². The molecule has 0 bridgehead atoms. The highest BCUT2D eigenvalue weighted by Crippen LogP contribution is 2.35. The second-order valence-electron chi connectivity index (χ2n) is 6.08. The van der Waals surface area contributed by atoms with Crippen LogP contribution in [-0.4, -0.2) is 37.2 Å². The van der Waals surface area contributed by atoms with E-state index in [-0.39, 0.29) is 18.2 Å². The highest BCUT2D eigenvalue weighted by molar-refractivity contribution is 8.00. The molecular formula is C19H20N2O4S2. The highest BCUT2D eigenvalue weighted by Gasteiger charge is 2.26. The SMILES string of the molecule is COC(=O)c1c(NC(=O)CCN2C(=O)CSc3ccccc32)sc(C)c1C. The number of ether oxygens (including phenoxy) is 1. The number of benzene rings is 1. The fraction of sp³-hybridized carbons (Fsp3) is 0.316. The first-order valence-corrected chi connectivity index (χ1v) is 10.2. The van der Waals surface area contributed by atoms with Crippen molar-refractivity contribution in [1.82, 2.24) is 0 Å². The van der Waals surface area contributed by atoms with Gasteiger partial charge in [-0.3, -0.25) is 9.59 Å². The molecule has 0 saturated carbocycles. The Morgan fingerprint density at radius 3 is 2.74 bits per heavy atom. The number of nitrogens with one attached hydrogen (secondary N) is 1. The van der Waals surface area contributed by atoms with Crippen molar-refractivity contribution in [3.8, 4) is 0 Å². The molecule has 1 aromatic carbocycles. The van der Waals surface area contributed by atoms with Gasteiger partial charge in [0.25, 0.3) is 0 Å². The molecule has 142 valence electrons. The molecular weight excluding hydrogens is 384 g/mol. The van der Waals surface area contributed by atoms with Gasteiger partial charge in [-0.1, -0.05) is 12.1 Å². The molecule has 1 aromatic heterocycles. The van der Waals surface area contributed by atoms with Crippen LogP contribution in [0.15, 0.2) is 29.2 Å². The number of thioether (sulfide) groups is 1. The summed E-state index contributed by atoms with van der Waals surface area (Å²) in [5, 5.41) is 3.29. The van der Waals surface area contributed by atoms with Gasteiger partial charge in [-0.05, 0) is 31.5 Å². The van der Waals surface area contributed by atoms with E-state index < -0.39 is 5.97 Å². The van der Waals surface area contributed by atoms with Gasteiger partial charge in [0.2, 0.25) is 11.8 Å². The lowest BCUT2D eigenvalue weighted by molar-refractivity contribution is -0.117. The van der Waals surface area contributed by atoms with Crippen LogP contribution in [-0.2, 0) is 14.3 Å². The predicted octanol–water partition coefficient (Wildman–Crippen LogP) is 3.62. The summed E-state index contributed by atoms with van der Waals surface area (Å²) >= 11 is 2.85. The van der Waals surface area contributed by atoms with E-state index in [1.54, 1.807) is 4.90 Å². The van der Waals surface area contributed by atoms with Crippen molar-refractivity contribution < 1.29 is 19.1 Å². The van der Waals surface area contributed by atoms with Crippen LogP contribution in [0.4, 0.5) is 10.7 Å².